The van der Waals surface area contributed by atoms with Gasteiger partial charge in [0, 0.05) is 28.2 Å². The van der Waals surface area contributed by atoms with Gasteiger partial charge in [-0.05, 0) is 11.1 Å². The van der Waals surface area contributed by atoms with Gasteiger partial charge in [0.1, 0.15) is 0 Å². The van der Waals surface area contributed by atoms with E-state index in [4.69, 9.17) is 0 Å². The zero-order valence-corrected chi connectivity index (χ0v) is 14.6. The topological polar surface area (TPSA) is 114 Å². The van der Waals surface area contributed by atoms with E-state index in [1.165, 1.54) is 43.3 Å². The van der Waals surface area contributed by atoms with Gasteiger partial charge >= 0.3 is 0 Å². The molecule has 0 saturated heterocycles. The van der Waals surface area contributed by atoms with Crippen LogP contribution < -0.4 is 10.2 Å². The van der Waals surface area contributed by atoms with Crippen molar-refractivity contribution < 1.29 is 29.4 Å². The Labute approximate surface area is 159 Å². The van der Waals surface area contributed by atoms with Crippen molar-refractivity contribution in [2.75, 3.05) is 0 Å². The molecule has 0 bridgehead atoms. The Bertz CT molecular complexity index is 1070. The smallest absolute Gasteiger partial charge is 0.233 e. The number of ketones is 4. The molecule has 28 heavy (non-hydrogen) atoms. The SMILES string of the molecule is CC(C1=C([O-])c2ccccc2C(=O)C1=O)C1=C([O-])c2ccccc2C(=O)C1=O. The third-order valence-electron chi connectivity index (χ3n) is 5.09. The van der Waals surface area contributed by atoms with Gasteiger partial charge in [0.25, 0.3) is 0 Å². The highest BCUT2D eigenvalue weighted by atomic mass is 16.3. The molecular formula is C22H12O6-2. The summed E-state index contributed by atoms with van der Waals surface area (Å²) in [6, 6.07) is 11.7. The lowest BCUT2D eigenvalue weighted by molar-refractivity contribution is -0.246. The maximum Gasteiger partial charge on any atom is 0.233 e. The summed E-state index contributed by atoms with van der Waals surface area (Å²) in [6.07, 6.45) is 0. The van der Waals surface area contributed by atoms with Gasteiger partial charge in [0.05, 0.1) is 0 Å². The van der Waals surface area contributed by atoms with Crippen molar-refractivity contribution in [2.24, 2.45) is 5.92 Å². The fourth-order valence-corrected chi connectivity index (χ4v) is 3.67. The Hall–Kier alpha value is -3.80. The van der Waals surface area contributed by atoms with Gasteiger partial charge in [0.2, 0.25) is 23.1 Å². The van der Waals surface area contributed by atoms with E-state index >= 15 is 0 Å². The Morgan fingerprint density at radius 2 is 0.893 bits per heavy atom. The molecule has 2 aromatic rings. The van der Waals surface area contributed by atoms with Crippen LogP contribution in [0.5, 0.6) is 0 Å². The molecular weight excluding hydrogens is 360 g/mol. The second kappa shape index (κ2) is 6.13. The van der Waals surface area contributed by atoms with Crippen LogP contribution in [0.3, 0.4) is 0 Å². The molecule has 0 aliphatic heterocycles. The van der Waals surface area contributed by atoms with Gasteiger partial charge in [-0.15, -0.1) is 0 Å². The van der Waals surface area contributed by atoms with E-state index in [1.54, 1.807) is 12.1 Å². The number of allylic oxidation sites excluding steroid dienone is 2. The summed E-state index contributed by atoms with van der Waals surface area (Å²) in [7, 11) is 0. The van der Waals surface area contributed by atoms with Gasteiger partial charge in [0.15, 0.2) is 0 Å². The lowest BCUT2D eigenvalue weighted by atomic mass is 9.75. The summed E-state index contributed by atoms with van der Waals surface area (Å²) in [5.74, 6) is -6.58. The molecule has 0 radical (unpaired) electrons. The van der Waals surface area contributed by atoms with Crippen molar-refractivity contribution >= 4 is 34.7 Å². The molecule has 0 saturated carbocycles. The van der Waals surface area contributed by atoms with Gasteiger partial charge < -0.3 is 10.2 Å². The molecule has 2 aliphatic carbocycles. The van der Waals surface area contributed by atoms with E-state index < -0.39 is 51.7 Å². The van der Waals surface area contributed by atoms with E-state index in [2.05, 4.69) is 0 Å². The summed E-state index contributed by atoms with van der Waals surface area (Å²) in [5, 5.41) is 25.7. The van der Waals surface area contributed by atoms with Crippen LogP contribution in [0.1, 0.15) is 38.8 Å². The van der Waals surface area contributed by atoms with E-state index in [0.717, 1.165) is 0 Å². The average Bonchev–Trinajstić information content (AvgIpc) is 2.71. The van der Waals surface area contributed by atoms with Gasteiger partial charge in [-0.3, -0.25) is 19.2 Å². The Morgan fingerprint density at radius 1 is 0.571 bits per heavy atom. The quantitative estimate of drug-likeness (QED) is 0.717. The van der Waals surface area contributed by atoms with Gasteiger partial charge in [-0.25, -0.2) is 0 Å². The van der Waals surface area contributed by atoms with Crippen LogP contribution in [-0.4, -0.2) is 23.1 Å². The molecule has 6 heteroatoms. The second-order valence-electron chi connectivity index (χ2n) is 6.61. The maximum atomic E-state index is 12.9. The molecule has 138 valence electrons. The highest BCUT2D eigenvalue weighted by Crippen LogP contribution is 2.37. The lowest BCUT2D eigenvalue weighted by Crippen LogP contribution is -2.36. The number of carbonyl (C=O) groups excluding carboxylic acids is 4. The van der Waals surface area contributed by atoms with E-state index in [-0.39, 0.29) is 22.3 Å². The molecule has 0 atom stereocenters. The lowest BCUT2D eigenvalue weighted by Gasteiger charge is -2.33. The first kappa shape index (κ1) is 17.6. The number of fused-ring (bicyclic) bond motifs is 2. The first-order valence-corrected chi connectivity index (χ1v) is 8.53. The predicted molar refractivity (Wildman–Crippen MR) is 94.6 cm³/mol. The number of Topliss-reactive ketones (excluding diaryl/α,β-unsaturated/α-hetero) is 4. The summed E-state index contributed by atoms with van der Waals surface area (Å²) in [5.41, 5.74) is -0.878. The number of hydrogen-bond donors (Lipinski definition) is 0. The maximum absolute atomic E-state index is 12.9. The monoisotopic (exact) mass is 372 g/mol. The molecule has 0 fully saturated rings. The molecule has 0 heterocycles. The predicted octanol–water partition coefficient (Wildman–Crippen LogP) is 0.696. The van der Waals surface area contributed by atoms with Crippen LogP contribution >= 0.6 is 0 Å². The molecule has 2 aliphatic rings. The number of benzene rings is 2. The zero-order valence-electron chi connectivity index (χ0n) is 14.6. The van der Waals surface area contributed by atoms with Crippen LogP contribution in [0.15, 0.2) is 59.7 Å². The summed E-state index contributed by atoms with van der Waals surface area (Å²) in [6.45, 7) is 1.32. The average molecular weight is 372 g/mol. The Morgan fingerprint density at radius 3 is 1.25 bits per heavy atom. The van der Waals surface area contributed by atoms with Crippen molar-refractivity contribution in [2.45, 2.75) is 6.92 Å². The van der Waals surface area contributed by atoms with Crippen molar-refractivity contribution in [3.8, 4) is 0 Å². The van der Waals surface area contributed by atoms with E-state index in [9.17, 15) is 29.4 Å². The number of hydrogen-bond acceptors (Lipinski definition) is 6. The molecule has 0 N–H and O–H groups in total. The van der Waals surface area contributed by atoms with Crippen molar-refractivity contribution in [3.63, 3.8) is 0 Å². The Balaban J connectivity index is 1.94. The van der Waals surface area contributed by atoms with Crippen LogP contribution in [0.4, 0.5) is 0 Å². The number of carbonyl (C=O) groups is 4. The first-order valence-electron chi connectivity index (χ1n) is 8.53. The van der Waals surface area contributed by atoms with Crippen LogP contribution in [0.25, 0.3) is 11.5 Å². The zero-order chi connectivity index (χ0) is 20.2. The van der Waals surface area contributed by atoms with Gasteiger partial charge in [-0.1, -0.05) is 67.0 Å². The van der Waals surface area contributed by atoms with Crippen LogP contribution in [0, 0.1) is 5.92 Å². The third kappa shape index (κ3) is 2.28. The fourth-order valence-electron chi connectivity index (χ4n) is 3.67. The summed E-state index contributed by atoms with van der Waals surface area (Å²) >= 11 is 0. The van der Waals surface area contributed by atoms with E-state index in [1.807, 2.05) is 0 Å². The van der Waals surface area contributed by atoms with Crippen molar-refractivity contribution in [3.05, 3.63) is 81.9 Å². The molecule has 0 aromatic heterocycles. The standard InChI is InChI=1S/C22H14O6/c1-10(15-17(23)11-6-2-4-8-13(11)19(25)21(15)27)16-18(24)12-7-3-5-9-14(12)20(26)22(16)28/h2-10,23-24H,1H3/p-2. The minimum absolute atomic E-state index is 0.0128. The highest BCUT2D eigenvalue weighted by Gasteiger charge is 2.38. The minimum atomic E-state index is -1.28. The molecule has 2 aromatic carbocycles. The summed E-state index contributed by atoms with van der Waals surface area (Å²) < 4.78 is 0. The second-order valence-corrected chi connectivity index (χ2v) is 6.61. The fraction of sp³-hybridized carbons (Fsp3) is 0.0909. The largest absolute Gasteiger partial charge is 0.872 e. The molecule has 4 rings (SSSR count). The van der Waals surface area contributed by atoms with Crippen molar-refractivity contribution in [1.29, 1.82) is 0 Å². The normalized spacial score (nSPS) is 16.6. The minimum Gasteiger partial charge on any atom is -0.872 e. The van der Waals surface area contributed by atoms with Crippen LogP contribution in [0.2, 0.25) is 0 Å². The van der Waals surface area contributed by atoms with Gasteiger partial charge in [-0.2, -0.15) is 0 Å². The van der Waals surface area contributed by atoms with Crippen molar-refractivity contribution in [1.82, 2.24) is 0 Å². The molecule has 0 unspecified atom stereocenters. The number of rotatable bonds is 2. The van der Waals surface area contributed by atoms with E-state index in [0.29, 0.717) is 0 Å². The first-order chi connectivity index (χ1) is 13.3. The third-order valence-corrected chi connectivity index (χ3v) is 5.09. The molecule has 0 spiro atoms. The summed E-state index contributed by atoms with van der Waals surface area (Å²) in [4.78, 5) is 50.0. The molecule has 6 nitrogen and oxygen atoms in total. The highest BCUT2D eigenvalue weighted by molar-refractivity contribution is 6.54. The Kier molecular flexibility index (Phi) is 3.85. The molecule has 0 amide bonds. The van der Waals surface area contributed by atoms with Crippen LogP contribution in [-0.2, 0) is 9.59 Å².